The number of carbonyl (C=O) groups is 1. The molecule has 5 rings (SSSR count). The summed E-state index contributed by atoms with van der Waals surface area (Å²) < 4.78 is 28.7. The van der Waals surface area contributed by atoms with E-state index in [-0.39, 0.29) is 11.9 Å². The van der Waals surface area contributed by atoms with Gasteiger partial charge < -0.3 is 5.32 Å². The summed E-state index contributed by atoms with van der Waals surface area (Å²) in [7, 11) is -3.50. The zero-order chi connectivity index (χ0) is 23.8. The van der Waals surface area contributed by atoms with Crippen molar-refractivity contribution in [3.8, 4) is 0 Å². The Hall–Kier alpha value is -2.29. The van der Waals surface area contributed by atoms with Gasteiger partial charge in [0.2, 0.25) is 15.9 Å². The van der Waals surface area contributed by atoms with Crippen molar-refractivity contribution >= 4 is 37.5 Å². The van der Waals surface area contributed by atoms with Crippen LogP contribution in [0.15, 0.2) is 53.4 Å². The van der Waals surface area contributed by atoms with Gasteiger partial charge in [-0.15, -0.1) is 11.3 Å². The Kier molecular flexibility index (Phi) is 6.48. The Balaban J connectivity index is 1.23. The van der Waals surface area contributed by atoms with E-state index in [0.717, 1.165) is 46.5 Å². The highest BCUT2D eigenvalue weighted by atomic mass is 32.2. The highest BCUT2D eigenvalue weighted by Crippen LogP contribution is 2.42. The molecule has 0 radical (unpaired) electrons. The van der Waals surface area contributed by atoms with Gasteiger partial charge in [-0.3, -0.25) is 4.79 Å². The molecule has 180 valence electrons. The van der Waals surface area contributed by atoms with E-state index in [2.05, 4.69) is 11.4 Å². The van der Waals surface area contributed by atoms with Crippen molar-refractivity contribution in [3.63, 3.8) is 0 Å². The molecular weight excluding hydrogens is 466 g/mol. The summed E-state index contributed by atoms with van der Waals surface area (Å²) >= 11 is 1.68. The van der Waals surface area contributed by atoms with E-state index in [1.165, 1.54) is 0 Å². The van der Waals surface area contributed by atoms with Crippen molar-refractivity contribution in [2.75, 3.05) is 13.1 Å². The van der Waals surface area contributed by atoms with E-state index in [4.69, 9.17) is 4.98 Å². The summed E-state index contributed by atoms with van der Waals surface area (Å²) in [5.41, 5.74) is 1.63. The lowest BCUT2D eigenvalue weighted by Gasteiger charge is -2.34. The molecule has 34 heavy (non-hydrogen) atoms. The van der Waals surface area contributed by atoms with Gasteiger partial charge in [-0.25, -0.2) is 13.4 Å². The Morgan fingerprint density at radius 3 is 2.44 bits per heavy atom. The minimum atomic E-state index is -3.50. The van der Waals surface area contributed by atoms with Gasteiger partial charge in [0.15, 0.2) is 0 Å². The van der Waals surface area contributed by atoms with Crippen LogP contribution in [-0.2, 0) is 21.2 Å². The molecule has 0 atom stereocenters. The summed E-state index contributed by atoms with van der Waals surface area (Å²) in [5.74, 6) is 0.115. The topological polar surface area (TPSA) is 79.4 Å². The van der Waals surface area contributed by atoms with Gasteiger partial charge in [-0.2, -0.15) is 4.31 Å². The summed E-state index contributed by atoms with van der Waals surface area (Å²) in [5, 5.41) is 4.32. The monoisotopic (exact) mass is 497 g/mol. The van der Waals surface area contributed by atoms with Crippen molar-refractivity contribution in [1.82, 2.24) is 14.6 Å². The van der Waals surface area contributed by atoms with E-state index in [0.29, 0.717) is 37.2 Å². The molecule has 2 aromatic carbocycles. The maximum absolute atomic E-state index is 13.5. The number of carbonyl (C=O) groups excluding carboxylic acids is 1. The molecular formula is C26H31N3O3S2. The first-order valence-electron chi connectivity index (χ1n) is 12.1. The average molecular weight is 498 g/mol. The SMILES string of the molecule is Cc1ccc(S(=O)(=O)N2CCC(NC(=O)C3(Cc4nc5ccccc5s4)CCCC3)CC2)cc1. The van der Waals surface area contributed by atoms with Crippen molar-refractivity contribution < 1.29 is 13.2 Å². The smallest absolute Gasteiger partial charge is 0.243 e. The number of amides is 1. The normalized spacial score (nSPS) is 19.4. The summed E-state index contributed by atoms with van der Waals surface area (Å²) in [6.45, 7) is 2.79. The number of rotatable bonds is 6. The lowest BCUT2D eigenvalue weighted by Crippen LogP contribution is -2.50. The predicted octanol–water partition coefficient (Wildman–Crippen LogP) is 4.68. The Labute approximate surface area is 205 Å². The number of nitrogens with one attached hydrogen (secondary N) is 1. The van der Waals surface area contributed by atoms with Gasteiger partial charge >= 0.3 is 0 Å². The fourth-order valence-corrected chi connectivity index (χ4v) is 7.84. The number of thiazole rings is 1. The average Bonchev–Trinajstić information content (AvgIpc) is 3.47. The zero-order valence-electron chi connectivity index (χ0n) is 19.5. The summed E-state index contributed by atoms with van der Waals surface area (Å²) in [4.78, 5) is 18.6. The Morgan fingerprint density at radius 1 is 1.09 bits per heavy atom. The fourth-order valence-electron chi connectivity index (χ4n) is 5.26. The third kappa shape index (κ3) is 4.63. The fraction of sp³-hybridized carbons (Fsp3) is 0.462. The van der Waals surface area contributed by atoms with Crippen molar-refractivity contribution in [2.24, 2.45) is 5.41 Å². The zero-order valence-corrected chi connectivity index (χ0v) is 21.1. The van der Waals surface area contributed by atoms with Crippen LogP contribution >= 0.6 is 11.3 Å². The molecule has 1 amide bonds. The summed E-state index contributed by atoms with van der Waals surface area (Å²) in [6.07, 6.45) is 5.84. The number of para-hydroxylation sites is 1. The lowest BCUT2D eigenvalue weighted by atomic mass is 9.81. The van der Waals surface area contributed by atoms with Gasteiger partial charge in [-0.1, -0.05) is 42.7 Å². The second-order valence-electron chi connectivity index (χ2n) is 9.70. The molecule has 1 aromatic heterocycles. The largest absolute Gasteiger partial charge is 0.353 e. The molecule has 1 N–H and O–H groups in total. The number of fused-ring (bicyclic) bond motifs is 1. The van der Waals surface area contributed by atoms with Crippen molar-refractivity contribution in [1.29, 1.82) is 0 Å². The highest BCUT2D eigenvalue weighted by molar-refractivity contribution is 7.89. The minimum Gasteiger partial charge on any atom is -0.353 e. The van der Waals surface area contributed by atoms with Gasteiger partial charge in [0.25, 0.3) is 0 Å². The highest BCUT2D eigenvalue weighted by Gasteiger charge is 2.43. The van der Waals surface area contributed by atoms with Gasteiger partial charge in [0.1, 0.15) is 0 Å². The molecule has 1 saturated heterocycles. The Bertz CT molecular complexity index is 1240. The molecule has 1 aliphatic carbocycles. The Morgan fingerprint density at radius 2 is 1.76 bits per heavy atom. The van der Waals surface area contributed by atoms with Crippen molar-refractivity contribution in [2.45, 2.75) is 62.8 Å². The van der Waals surface area contributed by atoms with E-state index in [1.54, 1.807) is 27.8 Å². The number of hydrogen-bond donors (Lipinski definition) is 1. The first kappa shape index (κ1) is 23.5. The number of piperidine rings is 1. The van der Waals surface area contributed by atoms with Gasteiger partial charge in [0.05, 0.1) is 25.5 Å². The van der Waals surface area contributed by atoms with Gasteiger partial charge in [0, 0.05) is 25.6 Å². The molecule has 8 heteroatoms. The quantitative estimate of drug-likeness (QED) is 0.536. The van der Waals surface area contributed by atoms with E-state index in [1.807, 2.05) is 37.3 Å². The lowest BCUT2D eigenvalue weighted by molar-refractivity contribution is -0.131. The summed E-state index contributed by atoms with van der Waals surface area (Å²) in [6, 6.07) is 15.1. The second-order valence-corrected chi connectivity index (χ2v) is 12.8. The number of benzene rings is 2. The van der Waals surface area contributed by atoms with Crippen LogP contribution in [0.4, 0.5) is 0 Å². The number of aryl methyl sites for hydroxylation is 1. The van der Waals surface area contributed by atoms with E-state index >= 15 is 0 Å². The van der Waals surface area contributed by atoms with Crippen LogP contribution in [0.1, 0.15) is 49.1 Å². The molecule has 1 aliphatic heterocycles. The van der Waals surface area contributed by atoms with Crippen molar-refractivity contribution in [3.05, 3.63) is 59.1 Å². The van der Waals surface area contributed by atoms with Crippen LogP contribution in [0, 0.1) is 12.3 Å². The number of aromatic nitrogens is 1. The van der Waals surface area contributed by atoms with Crippen LogP contribution in [-0.4, -0.2) is 42.7 Å². The van der Waals surface area contributed by atoms with Crippen LogP contribution in [0.3, 0.4) is 0 Å². The number of nitrogens with zero attached hydrogens (tertiary/aromatic N) is 2. The predicted molar refractivity (Wildman–Crippen MR) is 135 cm³/mol. The molecule has 3 aromatic rings. The molecule has 2 aliphatic rings. The van der Waals surface area contributed by atoms with Gasteiger partial charge in [-0.05, 0) is 56.9 Å². The number of sulfonamides is 1. The molecule has 2 fully saturated rings. The standard InChI is InChI=1S/C26H31N3O3S2/c1-19-8-10-21(11-9-19)34(31,32)29-16-12-20(13-17-29)27-25(30)26(14-4-5-15-26)18-24-28-22-6-2-3-7-23(22)33-24/h2-3,6-11,20H,4-5,12-18H2,1H3,(H,27,30). The molecule has 1 saturated carbocycles. The van der Waals surface area contributed by atoms with Crippen LogP contribution in [0.25, 0.3) is 10.2 Å². The van der Waals surface area contributed by atoms with Crippen LogP contribution < -0.4 is 5.32 Å². The first-order chi connectivity index (χ1) is 16.4. The molecule has 0 unspecified atom stereocenters. The molecule has 0 bridgehead atoms. The van der Waals surface area contributed by atoms with Crippen LogP contribution in [0.2, 0.25) is 0 Å². The van der Waals surface area contributed by atoms with E-state index in [9.17, 15) is 13.2 Å². The first-order valence-corrected chi connectivity index (χ1v) is 14.3. The third-order valence-corrected chi connectivity index (χ3v) is 10.3. The maximum atomic E-state index is 13.5. The molecule has 0 spiro atoms. The maximum Gasteiger partial charge on any atom is 0.243 e. The molecule has 6 nitrogen and oxygen atoms in total. The minimum absolute atomic E-state index is 0.00445. The third-order valence-electron chi connectivity index (χ3n) is 7.32. The molecule has 2 heterocycles. The van der Waals surface area contributed by atoms with Crippen LogP contribution in [0.5, 0.6) is 0 Å². The second kappa shape index (κ2) is 9.40. The van der Waals surface area contributed by atoms with E-state index < -0.39 is 15.4 Å². The number of hydrogen-bond acceptors (Lipinski definition) is 5.